The van der Waals surface area contributed by atoms with Crippen molar-refractivity contribution in [2.24, 2.45) is 0 Å². The maximum atomic E-state index is 5.84. The van der Waals surface area contributed by atoms with E-state index in [0.717, 1.165) is 21.4 Å². The molecule has 3 heterocycles. The second kappa shape index (κ2) is 6.01. The van der Waals surface area contributed by atoms with E-state index in [4.69, 9.17) is 4.74 Å². The fourth-order valence-corrected chi connectivity index (χ4v) is 3.06. The van der Waals surface area contributed by atoms with Gasteiger partial charge in [0, 0.05) is 6.20 Å². The Kier molecular flexibility index (Phi) is 3.70. The van der Waals surface area contributed by atoms with Crippen molar-refractivity contribution >= 4 is 16.3 Å². The number of hydrogen-bond acceptors (Lipinski definition) is 6. The van der Waals surface area contributed by atoms with Crippen LogP contribution in [0.2, 0.25) is 0 Å². The van der Waals surface area contributed by atoms with Crippen LogP contribution in [0, 0.1) is 13.8 Å². The molecular formula is C17H15N5OS. The molecule has 7 heteroatoms. The Morgan fingerprint density at radius 3 is 2.79 bits per heavy atom. The van der Waals surface area contributed by atoms with Crippen LogP contribution in [0.25, 0.3) is 16.5 Å². The van der Waals surface area contributed by atoms with Gasteiger partial charge < -0.3 is 4.74 Å². The third kappa shape index (κ3) is 2.74. The van der Waals surface area contributed by atoms with Crippen LogP contribution >= 0.6 is 11.3 Å². The zero-order valence-electron chi connectivity index (χ0n) is 13.3. The topological polar surface area (TPSA) is 65.2 Å². The van der Waals surface area contributed by atoms with Crippen molar-refractivity contribution in [1.82, 2.24) is 24.8 Å². The molecule has 0 saturated heterocycles. The Labute approximate surface area is 142 Å². The van der Waals surface area contributed by atoms with Crippen molar-refractivity contribution < 1.29 is 4.74 Å². The standard InChI is InChI=1S/C17H15N5OS/c1-11-6-7-13(9-12(11)2)23-10-15-21-22-16(19-20-17(22)24-15)14-5-3-4-8-18-14/h3-9H,10H2,1-2H3. The number of hydrogen-bond donors (Lipinski definition) is 0. The molecule has 0 amide bonds. The van der Waals surface area contributed by atoms with E-state index >= 15 is 0 Å². The molecule has 4 aromatic rings. The molecule has 120 valence electrons. The fraction of sp³-hybridized carbons (Fsp3) is 0.176. The molecule has 24 heavy (non-hydrogen) atoms. The molecule has 0 saturated carbocycles. The van der Waals surface area contributed by atoms with E-state index in [-0.39, 0.29) is 0 Å². The molecule has 0 aliphatic carbocycles. The number of rotatable bonds is 4. The smallest absolute Gasteiger partial charge is 0.235 e. The Morgan fingerprint density at radius 1 is 1.08 bits per heavy atom. The van der Waals surface area contributed by atoms with Crippen LogP contribution < -0.4 is 4.74 Å². The first kappa shape index (κ1) is 14.8. The summed E-state index contributed by atoms with van der Waals surface area (Å²) in [7, 11) is 0. The minimum Gasteiger partial charge on any atom is -0.486 e. The van der Waals surface area contributed by atoms with Gasteiger partial charge in [-0.1, -0.05) is 23.5 Å². The Hall–Kier alpha value is -2.80. The van der Waals surface area contributed by atoms with Gasteiger partial charge in [0.05, 0.1) is 0 Å². The number of aromatic nitrogens is 5. The van der Waals surface area contributed by atoms with Crippen molar-refractivity contribution in [2.75, 3.05) is 0 Å². The zero-order chi connectivity index (χ0) is 16.5. The largest absolute Gasteiger partial charge is 0.486 e. The molecular weight excluding hydrogens is 322 g/mol. The third-order valence-corrected chi connectivity index (χ3v) is 4.64. The highest BCUT2D eigenvalue weighted by Crippen LogP contribution is 2.22. The van der Waals surface area contributed by atoms with Crippen LogP contribution in [0.5, 0.6) is 5.75 Å². The van der Waals surface area contributed by atoms with E-state index in [2.05, 4.69) is 40.2 Å². The Morgan fingerprint density at radius 2 is 2.00 bits per heavy atom. The summed E-state index contributed by atoms with van der Waals surface area (Å²) < 4.78 is 7.56. The van der Waals surface area contributed by atoms with Gasteiger partial charge in [-0.25, -0.2) is 0 Å². The fourth-order valence-electron chi connectivity index (χ4n) is 2.32. The second-order valence-electron chi connectivity index (χ2n) is 5.46. The summed E-state index contributed by atoms with van der Waals surface area (Å²) in [6, 6.07) is 11.7. The maximum Gasteiger partial charge on any atom is 0.235 e. The van der Waals surface area contributed by atoms with Gasteiger partial charge in [0.2, 0.25) is 10.8 Å². The lowest BCUT2D eigenvalue weighted by atomic mass is 10.1. The van der Waals surface area contributed by atoms with Crippen molar-refractivity contribution in [2.45, 2.75) is 20.5 Å². The predicted molar refractivity (Wildman–Crippen MR) is 92.1 cm³/mol. The van der Waals surface area contributed by atoms with Gasteiger partial charge >= 0.3 is 0 Å². The molecule has 0 atom stereocenters. The quantitative estimate of drug-likeness (QED) is 0.571. The molecule has 0 spiro atoms. The van der Waals surface area contributed by atoms with E-state index in [1.165, 1.54) is 22.5 Å². The highest BCUT2D eigenvalue weighted by Gasteiger charge is 2.14. The summed E-state index contributed by atoms with van der Waals surface area (Å²) in [6.07, 6.45) is 1.73. The van der Waals surface area contributed by atoms with Crippen LogP contribution in [0.4, 0.5) is 0 Å². The highest BCUT2D eigenvalue weighted by atomic mass is 32.1. The molecule has 0 fully saturated rings. The van der Waals surface area contributed by atoms with E-state index in [9.17, 15) is 0 Å². The summed E-state index contributed by atoms with van der Waals surface area (Å²) in [5, 5.41) is 13.7. The highest BCUT2D eigenvalue weighted by molar-refractivity contribution is 7.16. The van der Waals surface area contributed by atoms with Gasteiger partial charge in [-0.15, -0.1) is 10.2 Å². The SMILES string of the molecule is Cc1ccc(OCc2nn3c(-c4ccccn4)nnc3s2)cc1C. The van der Waals surface area contributed by atoms with E-state index in [0.29, 0.717) is 12.4 Å². The van der Waals surface area contributed by atoms with Gasteiger partial charge in [0.1, 0.15) is 18.1 Å². The van der Waals surface area contributed by atoms with Crippen molar-refractivity contribution in [3.8, 4) is 17.3 Å². The van der Waals surface area contributed by atoms with Crippen LogP contribution in [-0.4, -0.2) is 24.8 Å². The van der Waals surface area contributed by atoms with Crippen molar-refractivity contribution in [3.63, 3.8) is 0 Å². The first-order chi connectivity index (χ1) is 11.7. The lowest BCUT2D eigenvalue weighted by Crippen LogP contribution is -1.98. The minimum atomic E-state index is 0.401. The third-order valence-electron chi connectivity index (χ3n) is 3.77. The van der Waals surface area contributed by atoms with Gasteiger partial charge in [0.25, 0.3) is 0 Å². The van der Waals surface area contributed by atoms with E-state index < -0.39 is 0 Å². The molecule has 6 nitrogen and oxygen atoms in total. The summed E-state index contributed by atoms with van der Waals surface area (Å²) in [5.74, 6) is 1.48. The molecule has 0 aliphatic heterocycles. The second-order valence-corrected chi connectivity index (χ2v) is 6.50. The average molecular weight is 337 g/mol. The lowest BCUT2D eigenvalue weighted by molar-refractivity contribution is 0.304. The van der Waals surface area contributed by atoms with Crippen LogP contribution in [-0.2, 0) is 6.61 Å². The molecule has 0 unspecified atom stereocenters. The lowest BCUT2D eigenvalue weighted by Gasteiger charge is -2.06. The molecule has 1 aromatic carbocycles. The maximum absolute atomic E-state index is 5.84. The van der Waals surface area contributed by atoms with Crippen LogP contribution in [0.15, 0.2) is 42.6 Å². The van der Waals surface area contributed by atoms with Crippen LogP contribution in [0.3, 0.4) is 0 Å². The molecule has 0 aliphatic rings. The Balaban J connectivity index is 1.57. The molecule has 4 rings (SSSR count). The number of benzene rings is 1. The Bertz CT molecular complexity index is 993. The summed E-state index contributed by atoms with van der Waals surface area (Å²) >= 11 is 1.46. The average Bonchev–Trinajstić information content (AvgIpc) is 3.17. The summed E-state index contributed by atoms with van der Waals surface area (Å²) in [6.45, 7) is 4.56. The summed E-state index contributed by atoms with van der Waals surface area (Å²) in [5.41, 5.74) is 3.21. The normalized spacial score (nSPS) is 11.1. The molecule has 0 radical (unpaired) electrons. The van der Waals surface area contributed by atoms with Gasteiger partial charge in [-0.3, -0.25) is 4.98 Å². The van der Waals surface area contributed by atoms with Gasteiger partial charge in [-0.05, 0) is 49.2 Å². The predicted octanol–water partition coefficient (Wildman–Crippen LogP) is 3.44. The zero-order valence-corrected chi connectivity index (χ0v) is 14.1. The number of pyridine rings is 1. The number of ether oxygens (including phenoxy) is 1. The van der Waals surface area contributed by atoms with Crippen molar-refractivity contribution in [1.29, 1.82) is 0 Å². The van der Waals surface area contributed by atoms with Gasteiger partial charge in [-0.2, -0.15) is 9.61 Å². The van der Waals surface area contributed by atoms with Crippen LogP contribution in [0.1, 0.15) is 16.1 Å². The first-order valence-electron chi connectivity index (χ1n) is 7.53. The number of nitrogens with zero attached hydrogens (tertiary/aromatic N) is 5. The van der Waals surface area contributed by atoms with E-state index in [1.54, 1.807) is 10.7 Å². The molecule has 3 aromatic heterocycles. The molecule has 0 bridgehead atoms. The number of fused-ring (bicyclic) bond motifs is 1. The van der Waals surface area contributed by atoms with Gasteiger partial charge in [0.15, 0.2) is 5.01 Å². The monoisotopic (exact) mass is 337 g/mol. The van der Waals surface area contributed by atoms with Crippen molar-refractivity contribution in [3.05, 3.63) is 58.7 Å². The minimum absolute atomic E-state index is 0.401. The van der Waals surface area contributed by atoms with E-state index in [1.807, 2.05) is 30.3 Å². The summed E-state index contributed by atoms with van der Waals surface area (Å²) in [4.78, 5) is 5.03. The first-order valence-corrected chi connectivity index (χ1v) is 8.35. The molecule has 0 N–H and O–H groups in total. The number of aryl methyl sites for hydroxylation is 2.